The van der Waals surface area contributed by atoms with Gasteiger partial charge in [-0.05, 0) is 40.1 Å². The van der Waals surface area contributed by atoms with E-state index in [0.29, 0.717) is 0 Å². The van der Waals surface area contributed by atoms with E-state index in [9.17, 15) is 9.90 Å². The van der Waals surface area contributed by atoms with Crippen molar-refractivity contribution in [3.8, 4) is 22.4 Å². The van der Waals surface area contributed by atoms with E-state index in [1.165, 1.54) is 38.2 Å². The molecule has 0 aliphatic carbocycles. The van der Waals surface area contributed by atoms with Crippen LogP contribution in [0.1, 0.15) is 41.5 Å². The van der Waals surface area contributed by atoms with Gasteiger partial charge in [-0.1, -0.05) is 118 Å². The summed E-state index contributed by atoms with van der Waals surface area (Å²) in [7, 11) is -2.93. The summed E-state index contributed by atoms with van der Waals surface area (Å²) < 4.78 is 0. The summed E-state index contributed by atoms with van der Waals surface area (Å²) in [5.41, 5.74) is 5.60. The van der Waals surface area contributed by atoms with Gasteiger partial charge in [-0.25, -0.2) is 10.0 Å². The number of allylic oxidation sites excluding steroid dienone is 2. The first-order chi connectivity index (χ1) is 19.0. The zero-order chi connectivity index (χ0) is 30.1. The predicted octanol–water partition coefficient (Wildman–Crippen LogP) is 8.39. The molecule has 0 bridgehead atoms. The van der Waals surface area contributed by atoms with Gasteiger partial charge >= 0.3 is 0 Å². The average molecular weight is 773 g/mol. The molecular weight excluding hydrogens is 731 g/mol. The fourth-order valence-corrected chi connectivity index (χ4v) is 11.2. The van der Waals surface area contributed by atoms with E-state index >= 15 is 0 Å². The van der Waals surface area contributed by atoms with Gasteiger partial charge in [0.2, 0.25) is 0 Å². The molecule has 1 aromatic heterocycles. The minimum absolute atomic E-state index is 0. The van der Waals surface area contributed by atoms with Crippen LogP contribution in [0.15, 0.2) is 82.3 Å². The van der Waals surface area contributed by atoms with Crippen molar-refractivity contribution in [2.24, 2.45) is 10.8 Å². The van der Waals surface area contributed by atoms with Crippen molar-refractivity contribution in [3.05, 3.63) is 78.6 Å². The third-order valence-electron chi connectivity index (χ3n) is 8.42. The number of fused-ring (bicyclic) bond motifs is 3. The number of hydrogen-bond acceptors (Lipinski definition) is 3. The van der Waals surface area contributed by atoms with Gasteiger partial charge in [0.05, 0.1) is 5.52 Å². The van der Waals surface area contributed by atoms with Crippen LogP contribution < -0.4 is 10.4 Å². The van der Waals surface area contributed by atoms with Crippen molar-refractivity contribution < 1.29 is 30.0 Å². The number of carbonyl (C=O) groups is 1. The molecule has 0 unspecified atom stereocenters. The van der Waals surface area contributed by atoms with Crippen molar-refractivity contribution in [1.29, 1.82) is 0 Å². The number of nitrogens with zero attached hydrogens (tertiary/aromatic N) is 1. The maximum absolute atomic E-state index is 11.5. The van der Waals surface area contributed by atoms with Gasteiger partial charge in [-0.2, -0.15) is 0 Å². The molecule has 42 heavy (non-hydrogen) atoms. The number of aromatic nitrogens is 1. The van der Waals surface area contributed by atoms with E-state index in [0.717, 1.165) is 11.2 Å². The van der Waals surface area contributed by atoms with E-state index in [4.69, 9.17) is 4.98 Å². The number of carbonyl (C=O) groups excluding carboxylic acids is 1. The first kappa shape index (κ1) is 32.4. The Morgan fingerprint density at radius 3 is 2.17 bits per heavy atom. The minimum atomic E-state index is -1.93. The molecule has 6 heteroatoms. The summed E-state index contributed by atoms with van der Waals surface area (Å²) in [5, 5.41) is 13.8. The smallest absolute Gasteiger partial charge is 0.164 e. The Balaban J connectivity index is 0.000000249. The third-order valence-corrected chi connectivity index (χ3v) is 14.8. The molecule has 3 nitrogen and oxygen atoms in total. The van der Waals surface area contributed by atoms with Crippen LogP contribution in [0.25, 0.3) is 33.3 Å². The largest absolute Gasteiger partial charge is 0.512 e. The van der Waals surface area contributed by atoms with E-state index < -0.39 is 23.5 Å². The fourth-order valence-electron chi connectivity index (χ4n) is 5.68. The molecule has 0 atom stereocenters. The van der Waals surface area contributed by atoms with Crippen LogP contribution in [0, 0.1) is 16.9 Å². The Hall–Kier alpha value is -2.50. The predicted molar refractivity (Wildman–Crippen MR) is 179 cm³/mol. The normalized spacial score (nSPS) is 16.7. The van der Waals surface area contributed by atoms with Gasteiger partial charge in [0.25, 0.3) is 0 Å². The van der Waals surface area contributed by atoms with Crippen LogP contribution in [0.3, 0.4) is 0 Å². The quantitative estimate of drug-likeness (QED) is 0.0916. The monoisotopic (exact) mass is 773 g/mol. The molecule has 0 saturated heterocycles. The van der Waals surface area contributed by atoms with Crippen LogP contribution in [0.5, 0.6) is 0 Å². The Labute approximate surface area is 267 Å². The van der Waals surface area contributed by atoms with Gasteiger partial charge in [0.1, 0.15) is 13.8 Å². The van der Waals surface area contributed by atoms with Crippen molar-refractivity contribution >= 4 is 45.2 Å². The Kier molecular flexibility index (Phi) is 8.40. The van der Waals surface area contributed by atoms with Crippen LogP contribution in [0.2, 0.25) is 13.1 Å². The minimum Gasteiger partial charge on any atom is -0.512 e. The Morgan fingerprint density at radius 1 is 0.881 bits per heavy atom. The third kappa shape index (κ3) is 5.36. The van der Waals surface area contributed by atoms with Gasteiger partial charge < -0.3 is 5.11 Å². The molecule has 2 aliphatic heterocycles. The van der Waals surface area contributed by atoms with Crippen molar-refractivity contribution in [2.45, 2.75) is 64.4 Å². The number of benzene rings is 3. The van der Waals surface area contributed by atoms with Gasteiger partial charge in [-0.15, -0.1) is 23.8 Å². The van der Waals surface area contributed by atoms with Crippen LogP contribution in [0.4, 0.5) is 0 Å². The zero-order valence-corrected chi connectivity index (χ0v) is 30.6. The second-order valence-electron chi connectivity index (χ2n) is 14.2. The van der Waals surface area contributed by atoms with E-state index in [2.05, 4.69) is 92.3 Å². The second-order valence-corrected chi connectivity index (χ2v) is 22.1. The van der Waals surface area contributed by atoms with E-state index in [1.807, 2.05) is 41.5 Å². The van der Waals surface area contributed by atoms with Crippen LogP contribution in [-0.4, -0.2) is 36.5 Å². The van der Waals surface area contributed by atoms with Gasteiger partial charge in [-0.3, -0.25) is 9.78 Å². The van der Waals surface area contributed by atoms with Crippen molar-refractivity contribution in [1.82, 2.24) is 4.98 Å². The second kappa shape index (κ2) is 10.9. The van der Waals surface area contributed by atoms with E-state index in [1.54, 1.807) is 10.1 Å². The molecule has 6 rings (SSSR count). The number of aliphatic hydroxyl groups is 1. The fraction of sp³-hybridized carbons (Fsp3) is 0.333. The molecule has 223 valence electrons. The maximum Gasteiger partial charge on any atom is 0.164 e. The molecule has 0 saturated carbocycles. The summed E-state index contributed by atoms with van der Waals surface area (Å²) in [4.78, 5) is 19.7. The number of para-hydroxylation sites is 1. The number of aliphatic hydroxyl groups excluding tert-OH is 1. The molecule has 0 amide bonds. The summed E-state index contributed by atoms with van der Waals surface area (Å²) in [6, 6.07) is 26.0. The molecular formula is C36H42IrNO2SSi-. The van der Waals surface area contributed by atoms with Crippen molar-refractivity contribution in [2.75, 3.05) is 12.5 Å². The Bertz CT molecular complexity index is 1740. The first-order valence-electron chi connectivity index (χ1n) is 14.2. The summed E-state index contributed by atoms with van der Waals surface area (Å²) >= 11 is 0. The Morgan fingerprint density at radius 2 is 1.52 bits per heavy atom. The number of rotatable bonds is 1. The molecule has 0 spiro atoms. The number of pyridine rings is 1. The van der Waals surface area contributed by atoms with Gasteiger partial charge in [0, 0.05) is 37.0 Å². The van der Waals surface area contributed by atoms with Crippen molar-refractivity contribution in [3.63, 3.8) is 0 Å². The molecule has 1 N–H and O–H groups in total. The van der Waals surface area contributed by atoms with Gasteiger partial charge in [0.15, 0.2) is 5.78 Å². The molecule has 3 heterocycles. The summed E-state index contributed by atoms with van der Waals surface area (Å²) in [6.45, 7) is 16.1. The first-order valence-corrected chi connectivity index (χ1v) is 19.7. The topological polar surface area (TPSA) is 50.2 Å². The standard InChI is InChI=1S/C25H22NSSi.C11H20O2.Ir/c1-27(2)19-12-7-10-17-23(19)24-20(27)13-8-14-21(24)28(3,4)22-15-16-9-5-6-11-18(16)26-25(17)22;1-10(2,3)8(12)7-9(13)11(4,5)6;/h5-9,11-15H,1-4H3;7,12H,1-6H3;/q-1;;/b;8-7-;. The van der Waals surface area contributed by atoms with Crippen LogP contribution >= 0.6 is 10.0 Å². The number of hydrogen-bond donors (Lipinski definition) is 1. The molecule has 0 fully saturated rings. The summed E-state index contributed by atoms with van der Waals surface area (Å²) in [5.74, 6) is 0.104. The SMILES string of the molecule is CC(C)(C)C(=O)/C=C(\O)C(C)(C)C.C[Si]1(C)c2cc3ccccc3nc2-c2[c-]ccc3c2-c2c1cccc2S3(C)C.[Ir]. The molecule has 1 radical (unpaired) electrons. The average Bonchev–Trinajstić information content (AvgIpc) is 3.09. The zero-order valence-electron chi connectivity index (χ0n) is 26.4. The summed E-state index contributed by atoms with van der Waals surface area (Å²) in [6.07, 6.45) is 6.21. The maximum atomic E-state index is 11.5. The van der Waals surface area contributed by atoms with E-state index in [-0.39, 0.29) is 37.1 Å². The number of ketones is 1. The molecule has 4 aromatic rings. The van der Waals surface area contributed by atoms with Crippen LogP contribution in [-0.2, 0) is 24.9 Å². The molecule has 3 aromatic carbocycles. The molecule has 2 aliphatic rings.